The van der Waals surface area contributed by atoms with Gasteiger partial charge in [-0.25, -0.2) is 4.39 Å². The maximum Gasteiger partial charge on any atom is 0.252 e. The SMILES string of the molecule is CN=C(NCCNC(=O)c1ccccc1Cl)NCC(C)Oc1ccc(F)cc1. The lowest BCUT2D eigenvalue weighted by atomic mass is 10.2. The molecule has 2 aromatic rings. The summed E-state index contributed by atoms with van der Waals surface area (Å²) in [6.07, 6.45) is -0.149. The van der Waals surface area contributed by atoms with Gasteiger partial charge in [0.2, 0.25) is 0 Å². The number of nitrogens with zero attached hydrogens (tertiary/aromatic N) is 1. The van der Waals surface area contributed by atoms with Crippen molar-refractivity contribution in [1.29, 1.82) is 0 Å². The summed E-state index contributed by atoms with van der Waals surface area (Å²) in [5, 5.41) is 9.45. The fraction of sp³-hybridized carbons (Fsp3) is 0.300. The summed E-state index contributed by atoms with van der Waals surface area (Å²) in [5.41, 5.74) is 0.443. The third-order valence-electron chi connectivity index (χ3n) is 3.75. The fourth-order valence-electron chi connectivity index (χ4n) is 2.35. The minimum Gasteiger partial charge on any atom is -0.489 e. The minimum atomic E-state index is -0.302. The molecule has 1 unspecified atom stereocenters. The van der Waals surface area contributed by atoms with E-state index in [9.17, 15) is 9.18 Å². The van der Waals surface area contributed by atoms with Crippen molar-refractivity contribution in [1.82, 2.24) is 16.0 Å². The molecule has 0 aromatic heterocycles. The highest BCUT2D eigenvalue weighted by atomic mass is 35.5. The highest BCUT2D eigenvalue weighted by Gasteiger charge is 2.09. The average molecular weight is 407 g/mol. The minimum absolute atomic E-state index is 0.149. The van der Waals surface area contributed by atoms with Gasteiger partial charge in [0.05, 0.1) is 17.1 Å². The Labute approximate surface area is 169 Å². The van der Waals surface area contributed by atoms with Crippen LogP contribution in [-0.2, 0) is 0 Å². The number of guanidine groups is 1. The smallest absolute Gasteiger partial charge is 0.252 e. The van der Waals surface area contributed by atoms with Crippen molar-refractivity contribution in [2.45, 2.75) is 13.0 Å². The first kappa shape index (κ1) is 21.5. The van der Waals surface area contributed by atoms with Gasteiger partial charge < -0.3 is 20.7 Å². The zero-order valence-corrected chi connectivity index (χ0v) is 16.6. The van der Waals surface area contributed by atoms with Crippen molar-refractivity contribution < 1.29 is 13.9 Å². The molecule has 2 aromatic carbocycles. The van der Waals surface area contributed by atoms with E-state index in [2.05, 4.69) is 20.9 Å². The van der Waals surface area contributed by atoms with Crippen molar-refractivity contribution in [3.8, 4) is 5.75 Å². The molecule has 3 N–H and O–H groups in total. The van der Waals surface area contributed by atoms with Crippen LogP contribution < -0.4 is 20.7 Å². The van der Waals surface area contributed by atoms with Crippen molar-refractivity contribution in [2.24, 2.45) is 4.99 Å². The number of hydrogen-bond acceptors (Lipinski definition) is 3. The maximum absolute atomic E-state index is 12.9. The normalized spacial score (nSPS) is 12.2. The number of carbonyl (C=O) groups is 1. The Morgan fingerprint density at radius 1 is 1.11 bits per heavy atom. The van der Waals surface area contributed by atoms with Gasteiger partial charge in [-0.1, -0.05) is 23.7 Å². The lowest BCUT2D eigenvalue weighted by Gasteiger charge is -2.18. The van der Waals surface area contributed by atoms with Crippen molar-refractivity contribution >= 4 is 23.5 Å². The molecule has 2 rings (SSSR count). The number of nitrogens with one attached hydrogen (secondary N) is 3. The molecule has 0 aliphatic rings. The summed E-state index contributed by atoms with van der Waals surface area (Å²) in [6.45, 7) is 3.30. The van der Waals surface area contributed by atoms with E-state index in [1.54, 1.807) is 43.4 Å². The summed E-state index contributed by atoms with van der Waals surface area (Å²) < 4.78 is 18.6. The molecule has 0 heterocycles. The van der Waals surface area contributed by atoms with Gasteiger partial charge in [0, 0.05) is 20.1 Å². The maximum atomic E-state index is 12.9. The molecule has 150 valence electrons. The molecule has 0 spiro atoms. The van der Waals surface area contributed by atoms with E-state index in [0.29, 0.717) is 41.9 Å². The number of hydrogen-bond donors (Lipinski definition) is 3. The van der Waals surface area contributed by atoms with Crippen LogP contribution in [0.1, 0.15) is 17.3 Å². The monoisotopic (exact) mass is 406 g/mol. The third-order valence-corrected chi connectivity index (χ3v) is 4.08. The molecule has 1 amide bonds. The van der Waals surface area contributed by atoms with Crippen molar-refractivity contribution in [3.63, 3.8) is 0 Å². The topological polar surface area (TPSA) is 74.8 Å². The highest BCUT2D eigenvalue weighted by Crippen LogP contribution is 2.14. The molecule has 0 saturated heterocycles. The number of amides is 1. The predicted octanol–water partition coefficient (Wildman–Crippen LogP) is 2.84. The molecule has 6 nitrogen and oxygen atoms in total. The van der Waals surface area contributed by atoms with E-state index in [1.165, 1.54) is 12.1 Å². The van der Waals surface area contributed by atoms with Crippen molar-refractivity contribution in [3.05, 3.63) is 64.9 Å². The van der Waals surface area contributed by atoms with Crippen LogP contribution >= 0.6 is 11.6 Å². The molecule has 0 bridgehead atoms. The van der Waals surface area contributed by atoms with Crippen LogP contribution in [0.15, 0.2) is 53.5 Å². The average Bonchev–Trinajstić information content (AvgIpc) is 2.69. The number of ether oxygens (including phenoxy) is 1. The summed E-state index contributed by atoms with van der Waals surface area (Å²) in [5.74, 6) is 0.656. The number of rotatable bonds is 8. The molecule has 0 aliphatic carbocycles. The Kier molecular flexibility index (Phi) is 8.55. The van der Waals surface area contributed by atoms with Crippen molar-refractivity contribution in [2.75, 3.05) is 26.7 Å². The van der Waals surface area contributed by atoms with Crippen LogP contribution in [0.3, 0.4) is 0 Å². The second kappa shape index (κ2) is 11.1. The highest BCUT2D eigenvalue weighted by molar-refractivity contribution is 6.33. The Bertz CT molecular complexity index is 799. The second-order valence-corrected chi connectivity index (χ2v) is 6.41. The zero-order chi connectivity index (χ0) is 20.4. The van der Waals surface area contributed by atoms with E-state index >= 15 is 0 Å². The zero-order valence-electron chi connectivity index (χ0n) is 15.8. The number of aliphatic imine (C=N–C) groups is 1. The van der Waals surface area contributed by atoms with Gasteiger partial charge in [-0.05, 0) is 43.3 Å². The summed E-state index contributed by atoms with van der Waals surface area (Å²) in [6, 6.07) is 12.8. The fourth-order valence-corrected chi connectivity index (χ4v) is 2.57. The molecule has 0 radical (unpaired) electrons. The molecular formula is C20H24ClFN4O2. The third kappa shape index (κ3) is 7.08. The van der Waals surface area contributed by atoms with Crippen LogP contribution in [-0.4, -0.2) is 44.7 Å². The van der Waals surface area contributed by atoms with Crippen LogP contribution in [0.4, 0.5) is 4.39 Å². The molecule has 1 atom stereocenters. The molecule has 28 heavy (non-hydrogen) atoms. The molecule has 0 fully saturated rings. The second-order valence-electron chi connectivity index (χ2n) is 6.00. The van der Waals surface area contributed by atoms with E-state index in [4.69, 9.17) is 16.3 Å². The van der Waals surface area contributed by atoms with Gasteiger partial charge in [0.15, 0.2) is 5.96 Å². The van der Waals surface area contributed by atoms with Crippen LogP contribution in [0.25, 0.3) is 0 Å². The predicted molar refractivity (Wildman–Crippen MR) is 110 cm³/mol. The standard InChI is InChI=1S/C20H24ClFN4O2/c1-14(28-16-9-7-15(22)8-10-16)13-26-20(23-2)25-12-11-24-19(27)17-5-3-4-6-18(17)21/h3-10,14H,11-13H2,1-2H3,(H,24,27)(H2,23,25,26). The Morgan fingerprint density at radius 2 is 1.79 bits per heavy atom. The first-order valence-electron chi connectivity index (χ1n) is 8.89. The van der Waals surface area contributed by atoms with E-state index in [1.807, 2.05) is 6.92 Å². The van der Waals surface area contributed by atoms with Gasteiger partial charge in [0.1, 0.15) is 17.7 Å². The first-order valence-corrected chi connectivity index (χ1v) is 9.27. The molecule has 0 aliphatic heterocycles. The summed E-state index contributed by atoms with van der Waals surface area (Å²) >= 11 is 6.01. The lowest BCUT2D eigenvalue weighted by molar-refractivity contribution is 0.0954. The lowest BCUT2D eigenvalue weighted by Crippen LogP contribution is -2.44. The van der Waals surface area contributed by atoms with Gasteiger partial charge >= 0.3 is 0 Å². The van der Waals surface area contributed by atoms with E-state index < -0.39 is 0 Å². The number of halogens is 2. The molecule has 0 saturated carbocycles. The quantitative estimate of drug-likeness (QED) is 0.358. The molecule has 8 heteroatoms. The van der Waals surface area contributed by atoms with Crippen LogP contribution in [0, 0.1) is 5.82 Å². The Balaban J connectivity index is 1.67. The Morgan fingerprint density at radius 3 is 2.46 bits per heavy atom. The van der Waals surface area contributed by atoms with E-state index in [0.717, 1.165) is 0 Å². The molecular weight excluding hydrogens is 383 g/mol. The van der Waals surface area contributed by atoms with Gasteiger partial charge in [-0.15, -0.1) is 0 Å². The largest absolute Gasteiger partial charge is 0.489 e. The first-order chi connectivity index (χ1) is 13.5. The van der Waals surface area contributed by atoms with Crippen LogP contribution in [0.5, 0.6) is 5.75 Å². The Hall–Kier alpha value is -2.80. The van der Waals surface area contributed by atoms with Gasteiger partial charge in [-0.3, -0.25) is 9.79 Å². The van der Waals surface area contributed by atoms with Crippen LogP contribution in [0.2, 0.25) is 5.02 Å². The summed E-state index contributed by atoms with van der Waals surface area (Å²) in [4.78, 5) is 16.2. The number of carbonyl (C=O) groups excluding carboxylic acids is 1. The summed E-state index contributed by atoms with van der Waals surface area (Å²) in [7, 11) is 1.66. The number of benzene rings is 2. The van der Waals surface area contributed by atoms with Gasteiger partial charge in [-0.2, -0.15) is 0 Å². The van der Waals surface area contributed by atoms with E-state index in [-0.39, 0.29) is 17.8 Å². The van der Waals surface area contributed by atoms with Gasteiger partial charge in [0.25, 0.3) is 5.91 Å².